The molecule has 2 rings (SSSR count). The molecular formula is C16H25N3O4S. The average molecular weight is 355 g/mol. The van der Waals surface area contributed by atoms with Crippen LogP contribution in [0.5, 0.6) is 0 Å². The Balaban J connectivity index is 1.57. The molecule has 0 bridgehead atoms. The molecule has 0 spiro atoms. The molecule has 0 aromatic heterocycles. The fourth-order valence-electron chi connectivity index (χ4n) is 2.41. The van der Waals surface area contributed by atoms with Crippen LogP contribution < -0.4 is 10.6 Å². The highest BCUT2D eigenvalue weighted by molar-refractivity contribution is 7.89. The Labute approximate surface area is 143 Å². The summed E-state index contributed by atoms with van der Waals surface area (Å²) in [5, 5.41) is 6.01. The maximum atomic E-state index is 11.7. The van der Waals surface area contributed by atoms with E-state index in [1.807, 2.05) is 30.3 Å². The minimum Gasteiger partial charge on any atom is -0.445 e. The molecule has 24 heavy (non-hydrogen) atoms. The first-order chi connectivity index (χ1) is 11.4. The molecule has 0 atom stereocenters. The van der Waals surface area contributed by atoms with Crippen LogP contribution >= 0.6 is 0 Å². The fourth-order valence-corrected chi connectivity index (χ4v) is 3.15. The maximum Gasteiger partial charge on any atom is 0.407 e. The average Bonchev–Trinajstić information content (AvgIpc) is 2.51. The van der Waals surface area contributed by atoms with Gasteiger partial charge in [-0.25, -0.2) is 17.5 Å². The third kappa shape index (κ3) is 5.77. The van der Waals surface area contributed by atoms with E-state index in [4.69, 9.17) is 4.74 Å². The van der Waals surface area contributed by atoms with Crippen molar-refractivity contribution in [3.05, 3.63) is 35.9 Å². The van der Waals surface area contributed by atoms with Gasteiger partial charge >= 0.3 is 6.09 Å². The van der Waals surface area contributed by atoms with E-state index in [0.29, 0.717) is 6.54 Å². The molecule has 7 nitrogen and oxygen atoms in total. The van der Waals surface area contributed by atoms with Gasteiger partial charge in [-0.3, -0.25) is 0 Å². The molecule has 8 heteroatoms. The van der Waals surface area contributed by atoms with Gasteiger partial charge in [-0.2, -0.15) is 0 Å². The number of hydrogen-bond donors (Lipinski definition) is 2. The van der Waals surface area contributed by atoms with Gasteiger partial charge in [-0.1, -0.05) is 30.3 Å². The van der Waals surface area contributed by atoms with Crippen molar-refractivity contribution in [1.29, 1.82) is 0 Å². The molecule has 0 radical (unpaired) electrons. The van der Waals surface area contributed by atoms with Gasteiger partial charge in [0.15, 0.2) is 0 Å². The third-order valence-corrected chi connectivity index (χ3v) is 5.85. The molecule has 0 aliphatic heterocycles. The number of nitrogens with zero attached hydrogens (tertiary/aromatic N) is 1. The van der Waals surface area contributed by atoms with E-state index in [1.54, 1.807) is 0 Å². The Kier molecular flexibility index (Phi) is 6.59. The minimum atomic E-state index is -3.16. The molecule has 0 unspecified atom stereocenters. The number of benzene rings is 1. The second-order valence-electron chi connectivity index (χ2n) is 6.12. The Bertz CT molecular complexity index is 628. The molecule has 1 amide bonds. The Morgan fingerprint density at radius 1 is 1.21 bits per heavy atom. The highest BCUT2D eigenvalue weighted by Gasteiger charge is 2.30. The molecule has 1 aromatic rings. The van der Waals surface area contributed by atoms with Gasteiger partial charge < -0.3 is 15.4 Å². The van der Waals surface area contributed by atoms with E-state index in [-0.39, 0.29) is 24.4 Å². The van der Waals surface area contributed by atoms with Crippen molar-refractivity contribution in [3.63, 3.8) is 0 Å². The monoisotopic (exact) mass is 355 g/mol. The van der Waals surface area contributed by atoms with E-state index in [1.165, 1.54) is 18.4 Å². The van der Waals surface area contributed by atoms with Crippen LogP contribution in [0.3, 0.4) is 0 Å². The molecular weight excluding hydrogens is 330 g/mol. The van der Waals surface area contributed by atoms with Crippen molar-refractivity contribution in [1.82, 2.24) is 14.9 Å². The van der Waals surface area contributed by atoms with Gasteiger partial charge in [0, 0.05) is 32.7 Å². The number of nitrogens with one attached hydrogen (secondary N) is 2. The van der Waals surface area contributed by atoms with Crippen molar-refractivity contribution >= 4 is 16.1 Å². The quantitative estimate of drug-likeness (QED) is 0.724. The van der Waals surface area contributed by atoms with Crippen molar-refractivity contribution in [2.75, 3.05) is 26.4 Å². The highest BCUT2D eigenvalue weighted by atomic mass is 32.2. The predicted molar refractivity (Wildman–Crippen MR) is 92.0 cm³/mol. The zero-order chi connectivity index (χ0) is 17.6. The van der Waals surface area contributed by atoms with Gasteiger partial charge in [0.25, 0.3) is 0 Å². The first-order valence-electron chi connectivity index (χ1n) is 7.97. The van der Waals surface area contributed by atoms with Gasteiger partial charge in [0.05, 0.1) is 5.75 Å². The predicted octanol–water partition coefficient (Wildman–Crippen LogP) is 0.925. The topological polar surface area (TPSA) is 87.7 Å². The third-order valence-electron chi connectivity index (χ3n) is 4.02. The van der Waals surface area contributed by atoms with Crippen molar-refractivity contribution < 1.29 is 17.9 Å². The largest absolute Gasteiger partial charge is 0.445 e. The number of alkyl carbamates (subject to hydrolysis) is 1. The molecule has 0 saturated heterocycles. The lowest BCUT2D eigenvalue weighted by molar-refractivity contribution is 0.125. The summed E-state index contributed by atoms with van der Waals surface area (Å²) < 4.78 is 29.6. The van der Waals surface area contributed by atoms with Crippen molar-refractivity contribution in [2.24, 2.45) is 0 Å². The Morgan fingerprint density at radius 2 is 1.88 bits per heavy atom. The Hall–Kier alpha value is -1.64. The van der Waals surface area contributed by atoms with Crippen LogP contribution in [-0.2, 0) is 21.4 Å². The number of carbonyl (C=O) groups is 1. The number of amides is 1. The second kappa shape index (κ2) is 8.46. The number of ether oxygens (including phenoxy) is 1. The summed E-state index contributed by atoms with van der Waals surface area (Å²) in [6, 6.07) is 9.83. The molecule has 1 aromatic carbocycles. The van der Waals surface area contributed by atoms with Gasteiger partial charge in [-0.15, -0.1) is 0 Å². The second-order valence-corrected chi connectivity index (χ2v) is 8.43. The van der Waals surface area contributed by atoms with Crippen LogP contribution in [0.25, 0.3) is 0 Å². The van der Waals surface area contributed by atoms with Crippen LogP contribution in [0.2, 0.25) is 0 Å². The zero-order valence-corrected chi connectivity index (χ0v) is 14.9. The summed E-state index contributed by atoms with van der Waals surface area (Å²) >= 11 is 0. The zero-order valence-electron chi connectivity index (χ0n) is 14.1. The SMILES string of the molecule is CN(C)S(=O)(=O)CCNC1CC(NC(=O)OCc2ccccc2)C1. The number of hydrogen-bond acceptors (Lipinski definition) is 5. The molecule has 1 aliphatic carbocycles. The molecule has 1 saturated carbocycles. The summed E-state index contributed by atoms with van der Waals surface area (Å²) in [6.07, 6.45) is 1.14. The van der Waals surface area contributed by atoms with Gasteiger partial charge in [-0.05, 0) is 18.4 Å². The fraction of sp³-hybridized carbons (Fsp3) is 0.562. The standard InChI is InChI=1S/C16H25N3O4S/c1-19(2)24(21,22)9-8-17-14-10-15(11-14)18-16(20)23-12-13-6-4-3-5-7-13/h3-7,14-15,17H,8-12H2,1-2H3,(H,18,20). The van der Waals surface area contributed by atoms with Gasteiger partial charge in [0.1, 0.15) is 6.61 Å². The number of carbonyl (C=O) groups excluding carboxylic acids is 1. The highest BCUT2D eigenvalue weighted by Crippen LogP contribution is 2.20. The van der Waals surface area contributed by atoms with E-state index in [9.17, 15) is 13.2 Å². The molecule has 1 fully saturated rings. The minimum absolute atomic E-state index is 0.0771. The summed E-state index contributed by atoms with van der Waals surface area (Å²) in [5.74, 6) is 0.0771. The molecule has 134 valence electrons. The van der Waals surface area contributed by atoms with Crippen molar-refractivity contribution in [3.8, 4) is 0 Å². The summed E-state index contributed by atoms with van der Waals surface area (Å²) in [7, 11) is -0.108. The van der Waals surface area contributed by atoms with Crippen LogP contribution in [0.15, 0.2) is 30.3 Å². The summed E-state index contributed by atoms with van der Waals surface area (Å²) in [4.78, 5) is 11.7. The lowest BCUT2D eigenvalue weighted by Crippen LogP contribution is -2.53. The summed E-state index contributed by atoms with van der Waals surface area (Å²) in [5.41, 5.74) is 0.947. The molecule has 1 aliphatic rings. The normalized spacial score (nSPS) is 20.5. The van der Waals surface area contributed by atoms with E-state index in [0.717, 1.165) is 18.4 Å². The first-order valence-corrected chi connectivity index (χ1v) is 9.58. The van der Waals surface area contributed by atoms with Crippen LogP contribution in [0.4, 0.5) is 4.79 Å². The first kappa shape index (κ1) is 18.7. The van der Waals surface area contributed by atoms with E-state index in [2.05, 4.69) is 10.6 Å². The smallest absolute Gasteiger partial charge is 0.407 e. The summed E-state index contributed by atoms with van der Waals surface area (Å²) in [6.45, 7) is 0.666. The van der Waals surface area contributed by atoms with Crippen LogP contribution in [-0.4, -0.2) is 57.3 Å². The molecule has 2 N–H and O–H groups in total. The number of rotatable bonds is 8. The molecule has 0 heterocycles. The maximum absolute atomic E-state index is 11.7. The van der Waals surface area contributed by atoms with E-state index < -0.39 is 16.1 Å². The van der Waals surface area contributed by atoms with Crippen molar-refractivity contribution in [2.45, 2.75) is 31.5 Å². The van der Waals surface area contributed by atoms with Gasteiger partial charge in [0.2, 0.25) is 10.0 Å². The number of sulfonamides is 1. The lowest BCUT2D eigenvalue weighted by Gasteiger charge is -2.36. The Morgan fingerprint density at radius 3 is 2.50 bits per heavy atom. The van der Waals surface area contributed by atoms with E-state index >= 15 is 0 Å². The lowest BCUT2D eigenvalue weighted by atomic mass is 9.87. The van der Waals surface area contributed by atoms with Crippen LogP contribution in [0.1, 0.15) is 18.4 Å². The van der Waals surface area contributed by atoms with Crippen LogP contribution in [0, 0.1) is 0 Å².